The van der Waals surface area contributed by atoms with E-state index in [0.717, 1.165) is 25.3 Å². The van der Waals surface area contributed by atoms with E-state index in [1.54, 1.807) is 0 Å². The molecule has 3 heteroatoms. The summed E-state index contributed by atoms with van der Waals surface area (Å²) in [6, 6.07) is 0.284. The van der Waals surface area contributed by atoms with Gasteiger partial charge in [-0.2, -0.15) is 0 Å². The molecule has 0 spiro atoms. The average molecular weight is 269 g/mol. The molecule has 1 saturated carbocycles. The lowest BCUT2D eigenvalue weighted by atomic mass is 9.89. The van der Waals surface area contributed by atoms with Crippen LogP contribution in [-0.4, -0.2) is 36.1 Å². The molecule has 0 bridgehead atoms. The highest BCUT2D eigenvalue weighted by atomic mass is 16.5. The Morgan fingerprint density at radius 1 is 1.32 bits per heavy atom. The van der Waals surface area contributed by atoms with Gasteiger partial charge in [0.25, 0.3) is 0 Å². The molecule has 1 aliphatic rings. The van der Waals surface area contributed by atoms with Crippen molar-refractivity contribution in [3.63, 3.8) is 0 Å². The first kappa shape index (κ1) is 16.5. The largest absolute Gasteiger partial charge is 0.368 e. The molecule has 1 fully saturated rings. The monoisotopic (exact) mass is 269 g/mol. The van der Waals surface area contributed by atoms with Crippen molar-refractivity contribution in [3.05, 3.63) is 0 Å². The van der Waals surface area contributed by atoms with Crippen LogP contribution in [0, 0.1) is 11.8 Å². The van der Waals surface area contributed by atoms with Gasteiger partial charge in [0.05, 0.1) is 6.10 Å². The Labute approximate surface area is 118 Å². The quantitative estimate of drug-likeness (QED) is 0.739. The van der Waals surface area contributed by atoms with E-state index in [-0.39, 0.29) is 18.6 Å². The van der Waals surface area contributed by atoms with Crippen LogP contribution in [0.4, 0.5) is 0 Å². The van der Waals surface area contributed by atoms with E-state index in [1.807, 2.05) is 11.8 Å². The first-order valence-electron chi connectivity index (χ1n) is 7.86. The molecule has 3 atom stereocenters. The third kappa shape index (κ3) is 5.13. The number of carbonyl (C=O) groups excluding carboxylic acids is 1. The number of amides is 1. The zero-order valence-corrected chi connectivity index (χ0v) is 13.3. The fraction of sp³-hybridized carbons (Fsp3) is 0.938. The second-order valence-electron chi connectivity index (χ2n) is 6.37. The minimum absolute atomic E-state index is 0.141. The van der Waals surface area contributed by atoms with Crippen molar-refractivity contribution >= 4 is 5.91 Å². The smallest absolute Gasteiger partial charge is 0.248 e. The van der Waals surface area contributed by atoms with E-state index in [0.29, 0.717) is 12.0 Å². The number of hydrogen-bond donors (Lipinski definition) is 0. The summed E-state index contributed by atoms with van der Waals surface area (Å²) >= 11 is 0. The van der Waals surface area contributed by atoms with Gasteiger partial charge in [0, 0.05) is 12.6 Å². The molecule has 0 aliphatic heterocycles. The number of rotatable bonds is 6. The maximum Gasteiger partial charge on any atom is 0.248 e. The molecule has 1 amide bonds. The molecule has 112 valence electrons. The van der Waals surface area contributed by atoms with Crippen molar-refractivity contribution in [2.75, 3.05) is 13.2 Å². The van der Waals surface area contributed by atoms with Gasteiger partial charge in [0.15, 0.2) is 0 Å². The summed E-state index contributed by atoms with van der Waals surface area (Å²) in [5, 5.41) is 0. The van der Waals surface area contributed by atoms with Gasteiger partial charge in [-0.25, -0.2) is 0 Å². The molecular weight excluding hydrogens is 238 g/mol. The van der Waals surface area contributed by atoms with Crippen molar-refractivity contribution in [2.45, 2.75) is 72.4 Å². The SMILES string of the molecule is CCN(C(=O)COC1CCCC(C)C1)C(C)C(C)C. The Balaban J connectivity index is 2.40. The van der Waals surface area contributed by atoms with Gasteiger partial charge in [0.2, 0.25) is 5.91 Å². The van der Waals surface area contributed by atoms with E-state index < -0.39 is 0 Å². The van der Waals surface area contributed by atoms with Crippen molar-refractivity contribution in [2.24, 2.45) is 11.8 Å². The maximum absolute atomic E-state index is 12.2. The van der Waals surface area contributed by atoms with Crippen LogP contribution < -0.4 is 0 Å². The molecule has 0 aromatic heterocycles. The molecule has 3 nitrogen and oxygen atoms in total. The predicted octanol–water partition coefficient (Wildman–Crippen LogP) is 3.47. The van der Waals surface area contributed by atoms with Crippen LogP contribution in [0.25, 0.3) is 0 Å². The number of nitrogens with zero attached hydrogens (tertiary/aromatic N) is 1. The van der Waals surface area contributed by atoms with Crippen molar-refractivity contribution in [1.29, 1.82) is 0 Å². The highest BCUT2D eigenvalue weighted by molar-refractivity contribution is 5.77. The van der Waals surface area contributed by atoms with Crippen LogP contribution >= 0.6 is 0 Å². The van der Waals surface area contributed by atoms with E-state index >= 15 is 0 Å². The van der Waals surface area contributed by atoms with Crippen molar-refractivity contribution in [1.82, 2.24) is 4.90 Å². The van der Waals surface area contributed by atoms with Gasteiger partial charge in [-0.15, -0.1) is 0 Å². The average Bonchev–Trinajstić information content (AvgIpc) is 2.37. The lowest BCUT2D eigenvalue weighted by Crippen LogP contribution is -2.43. The van der Waals surface area contributed by atoms with Gasteiger partial charge in [-0.1, -0.05) is 33.6 Å². The van der Waals surface area contributed by atoms with Crippen LogP contribution in [0.15, 0.2) is 0 Å². The molecule has 1 aliphatic carbocycles. The van der Waals surface area contributed by atoms with E-state index in [4.69, 9.17) is 4.74 Å². The van der Waals surface area contributed by atoms with Crippen LogP contribution in [0.2, 0.25) is 0 Å². The zero-order valence-electron chi connectivity index (χ0n) is 13.3. The van der Waals surface area contributed by atoms with Crippen LogP contribution in [0.5, 0.6) is 0 Å². The van der Waals surface area contributed by atoms with Gasteiger partial charge in [0.1, 0.15) is 6.61 Å². The number of likely N-dealkylation sites (N-methyl/N-ethyl adjacent to an activating group) is 1. The Kier molecular flexibility index (Phi) is 6.84. The summed E-state index contributed by atoms with van der Waals surface area (Å²) in [6.45, 7) is 11.8. The highest BCUT2D eigenvalue weighted by Gasteiger charge is 2.24. The number of carbonyl (C=O) groups is 1. The fourth-order valence-electron chi connectivity index (χ4n) is 2.85. The predicted molar refractivity (Wildman–Crippen MR) is 79.1 cm³/mol. The normalized spacial score (nSPS) is 25.4. The topological polar surface area (TPSA) is 29.5 Å². The highest BCUT2D eigenvalue weighted by Crippen LogP contribution is 2.25. The molecule has 0 N–H and O–H groups in total. The lowest BCUT2D eigenvalue weighted by Gasteiger charge is -2.32. The summed E-state index contributed by atoms with van der Waals surface area (Å²) in [4.78, 5) is 14.2. The summed E-state index contributed by atoms with van der Waals surface area (Å²) in [5.74, 6) is 1.37. The third-order valence-corrected chi connectivity index (χ3v) is 4.45. The molecule has 0 aromatic carbocycles. The van der Waals surface area contributed by atoms with Crippen LogP contribution in [-0.2, 0) is 9.53 Å². The van der Waals surface area contributed by atoms with Crippen molar-refractivity contribution in [3.8, 4) is 0 Å². The van der Waals surface area contributed by atoms with Crippen LogP contribution in [0.1, 0.15) is 60.3 Å². The Morgan fingerprint density at radius 2 is 2.00 bits per heavy atom. The summed E-state index contributed by atoms with van der Waals surface area (Å²) in [7, 11) is 0. The minimum atomic E-state index is 0.141. The minimum Gasteiger partial charge on any atom is -0.368 e. The molecule has 1 rings (SSSR count). The first-order valence-corrected chi connectivity index (χ1v) is 7.86. The molecule has 0 heterocycles. The van der Waals surface area contributed by atoms with Gasteiger partial charge in [-0.05, 0) is 38.5 Å². The Bertz CT molecular complexity index is 278. The van der Waals surface area contributed by atoms with Gasteiger partial charge >= 0.3 is 0 Å². The summed E-state index contributed by atoms with van der Waals surface area (Å²) < 4.78 is 5.84. The molecule has 0 radical (unpaired) electrons. The molecule has 3 unspecified atom stereocenters. The third-order valence-electron chi connectivity index (χ3n) is 4.45. The second kappa shape index (κ2) is 7.88. The lowest BCUT2D eigenvalue weighted by molar-refractivity contribution is -0.141. The van der Waals surface area contributed by atoms with E-state index in [1.165, 1.54) is 12.8 Å². The van der Waals surface area contributed by atoms with Gasteiger partial charge in [-0.3, -0.25) is 4.79 Å². The maximum atomic E-state index is 12.2. The van der Waals surface area contributed by atoms with Crippen molar-refractivity contribution < 1.29 is 9.53 Å². The fourth-order valence-corrected chi connectivity index (χ4v) is 2.85. The van der Waals surface area contributed by atoms with E-state index in [9.17, 15) is 4.79 Å². The second-order valence-corrected chi connectivity index (χ2v) is 6.37. The summed E-state index contributed by atoms with van der Waals surface area (Å²) in [6.07, 6.45) is 5.06. The molecular formula is C16H31NO2. The number of ether oxygens (including phenoxy) is 1. The molecule has 0 saturated heterocycles. The Morgan fingerprint density at radius 3 is 2.53 bits per heavy atom. The molecule has 0 aromatic rings. The Hall–Kier alpha value is -0.570. The molecule has 19 heavy (non-hydrogen) atoms. The number of hydrogen-bond acceptors (Lipinski definition) is 2. The van der Waals surface area contributed by atoms with E-state index in [2.05, 4.69) is 27.7 Å². The standard InChI is InChI=1S/C16H31NO2/c1-6-17(14(5)12(2)3)16(18)11-19-15-9-7-8-13(4)10-15/h12-15H,6-11H2,1-5H3. The zero-order chi connectivity index (χ0) is 14.4. The first-order chi connectivity index (χ1) is 8.95. The summed E-state index contributed by atoms with van der Waals surface area (Å²) in [5.41, 5.74) is 0. The van der Waals surface area contributed by atoms with Gasteiger partial charge < -0.3 is 9.64 Å². The van der Waals surface area contributed by atoms with Crippen LogP contribution in [0.3, 0.4) is 0 Å².